The first-order valence-corrected chi connectivity index (χ1v) is 16.5. The van der Waals surface area contributed by atoms with Gasteiger partial charge in [-0.25, -0.2) is 0 Å². The van der Waals surface area contributed by atoms with Gasteiger partial charge in [0.2, 0.25) is 0 Å². The zero-order valence-corrected chi connectivity index (χ0v) is 31.0. The van der Waals surface area contributed by atoms with E-state index in [2.05, 4.69) is 145 Å². The highest BCUT2D eigenvalue weighted by Gasteiger charge is 2.31. The maximum absolute atomic E-state index is 2.50. The lowest BCUT2D eigenvalue weighted by Gasteiger charge is -2.35. The number of nitrogens with zero attached hydrogens (tertiary/aromatic N) is 1. The van der Waals surface area contributed by atoms with Crippen molar-refractivity contribution in [3.63, 3.8) is 0 Å². The van der Waals surface area contributed by atoms with Crippen molar-refractivity contribution in [3.05, 3.63) is 16.7 Å². The number of aromatic nitrogens is 1. The van der Waals surface area contributed by atoms with E-state index in [4.69, 9.17) is 0 Å². The normalized spacial score (nSPS) is 11.7. The maximum atomic E-state index is 2.50. The Labute approximate surface area is 281 Å². The van der Waals surface area contributed by atoms with Gasteiger partial charge in [0.25, 0.3) is 0 Å². The summed E-state index contributed by atoms with van der Waals surface area (Å²) in [4.78, 5) is 0. The molecule has 4 aromatic carbocycles. The fraction of sp³-hybridized carbons (Fsp3) is 0.0769. The molecular weight excluding hydrogens is 510 g/mol. The van der Waals surface area contributed by atoms with Crippen molar-refractivity contribution >= 4 is 248 Å². The summed E-state index contributed by atoms with van der Waals surface area (Å²) < 4.78 is 2.50. The summed E-state index contributed by atoms with van der Waals surface area (Å²) in [5, 5.41) is 2.89. The van der Waals surface area contributed by atoms with Crippen molar-refractivity contribution in [2.45, 2.75) is 5.92 Å². The predicted octanol–water partition coefficient (Wildman–Crippen LogP) is -23.1. The summed E-state index contributed by atoms with van der Waals surface area (Å²) in [6.07, 6.45) is 0. The van der Waals surface area contributed by atoms with E-state index in [0.717, 1.165) is 0 Å². The number of hydrogen-bond donors (Lipinski definition) is 0. The SMILES string of the molecule is Bc1c(B)c(B)c(C(c2c(B)c(B)c(B)c(B)c2B)c2c(B)c(B)c3c(c2B)c2c(B)c(B)c(B)c(B)c2n3C)c(B)c1B. The molecule has 0 aliphatic heterocycles. The first-order valence-electron chi connectivity index (χ1n) is 16.5. The summed E-state index contributed by atoms with van der Waals surface area (Å²) in [5.74, 6) is 0.150. The third-order valence-electron chi connectivity index (χ3n) is 12.9. The highest BCUT2D eigenvalue weighted by molar-refractivity contribution is 6.71. The first kappa shape index (κ1) is 33.2. The van der Waals surface area contributed by atoms with E-state index in [9.17, 15) is 0 Å². The molecule has 0 radical (unpaired) electrons. The summed E-state index contributed by atoms with van der Waals surface area (Å²) >= 11 is 0. The van der Waals surface area contributed by atoms with Crippen LogP contribution in [0.5, 0.6) is 0 Å². The van der Waals surface area contributed by atoms with Gasteiger partial charge in [-0.3, -0.25) is 0 Å². The van der Waals surface area contributed by atoms with Crippen LogP contribution in [0.3, 0.4) is 0 Å². The van der Waals surface area contributed by atoms with Gasteiger partial charge in [0.05, 0.1) is 0 Å². The van der Waals surface area contributed by atoms with Gasteiger partial charge >= 0.3 is 0 Å². The number of aryl methyl sites for hydroxylation is 1. The zero-order valence-electron chi connectivity index (χ0n) is 31.0. The molecule has 0 saturated carbocycles. The minimum absolute atomic E-state index is 0.150. The summed E-state index contributed by atoms with van der Waals surface area (Å²) in [6, 6.07) is 0. The Hall–Kier alpha value is -2.22. The molecule has 18 heteroatoms. The second kappa shape index (κ2) is 11.2. The number of benzene rings is 4. The molecule has 0 spiro atoms. The van der Waals surface area contributed by atoms with Gasteiger partial charge in [-0.15, -0.1) is 38.2 Å². The Kier molecular flexibility index (Phi) is 8.47. The van der Waals surface area contributed by atoms with Gasteiger partial charge in [0.15, 0.2) is 0 Å². The molecule has 0 aliphatic carbocycles. The van der Waals surface area contributed by atoms with Crippen LogP contribution in [0.4, 0.5) is 0 Å². The van der Waals surface area contributed by atoms with Crippen LogP contribution in [0.2, 0.25) is 0 Å². The lowest BCUT2D eigenvalue weighted by atomic mass is 9.53. The quantitative estimate of drug-likeness (QED) is 0.156. The van der Waals surface area contributed by atoms with Crippen LogP contribution in [0.15, 0.2) is 0 Å². The van der Waals surface area contributed by atoms with Crippen LogP contribution in [-0.2, 0) is 7.05 Å². The highest BCUT2D eigenvalue weighted by atomic mass is 14.9. The smallest absolute Gasteiger partial charge is 0.141 e. The fourth-order valence-corrected chi connectivity index (χ4v) is 8.81. The van der Waals surface area contributed by atoms with Crippen LogP contribution < -0.4 is 92.9 Å². The topological polar surface area (TPSA) is 4.93 Å². The third kappa shape index (κ3) is 4.31. The molecule has 0 atom stereocenters. The lowest BCUT2D eigenvalue weighted by Crippen LogP contribution is -2.60. The minimum Gasteiger partial charge on any atom is -0.345 e. The Morgan fingerprint density at radius 1 is 0.295 bits per heavy atom. The van der Waals surface area contributed by atoms with Gasteiger partial charge in [-0.2, -0.15) is 0 Å². The van der Waals surface area contributed by atoms with E-state index in [0.29, 0.717) is 0 Å². The fourth-order valence-electron chi connectivity index (χ4n) is 8.81. The molecule has 1 heterocycles. The average molecular weight is 548 g/mol. The molecule has 0 bridgehead atoms. The van der Waals surface area contributed by atoms with Crippen LogP contribution in [-0.4, -0.2) is 138 Å². The van der Waals surface area contributed by atoms with Crippen LogP contribution in [0.25, 0.3) is 21.8 Å². The number of fused-ring (bicyclic) bond motifs is 3. The molecule has 0 amide bonds. The molecule has 0 saturated heterocycles. The van der Waals surface area contributed by atoms with E-state index in [1.54, 1.807) is 0 Å². The third-order valence-corrected chi connectivity index (χ3v) is 12.9. The standard InChI is InChI=1S/C26H38B17N/c1-44-25-6(7-14(33)19(38)22(41)24(43)26(7)44)8(27)3(13(32)23(25)42)2(4-9(28)15(34)20(39)16(35)10(4)29)5-11(30)17(36)21(40)18(37)12(5)31/h2H,27-43H2,1H3. The zero-order chi connectivity index (χ0) is 33.0. The Balaban J connectivity index is 2.13. The van der Waals surface area contributed by atoms with Crippen molar-refractivity contribution in [1.82, 2.24) is 4.57 Å². The van der Waals surface area contributed by atoms with Crippen LogP contribution in [0.1, 0.15) is 22.6 Å². The molecule has 5 rings (SSSR count). The molecule has 198 valence electrons. The maximum Gasteiger partial charge on any atom is 0.141 e. The van der Waals surface area contributed by atoms with Crippen molar-refractivity contribution in [3.8, 4) is 0 Å². The summed E-state index contributed by atoms with van der Waals surface area (Å²) in [5.41, 5.74) is 31.6. The molecule has 0 fully saturated rings. The monoisotopic (exact) mass is 551 g/mol. The molecule has 0 aliphatic rings. The Bertz CT molecular complexity index is 1990. The van der Waals surface area contributed by atoms with E-state index in [-0.39, 0.29) is 5.92 Å². The molecule has 44 heavy (non-hydrogen) atoms. The van der Waals surface area contributed by atoms with E-state index >= 15 is 0 Å². The number of hydrogen-bond acceptors (Lipinski definition) is 0. The van der Waals surface area contributed by atoms with Gasteiger partial charge < -0.3 is 4.57 Å². The largest absolute Gasteiger partial charge is 0.345 e. The van der Waals surface area contributed by atoms with E-state index < -0.39 is 0 Å². The second-order valence-corrected chi connectivity index (χ2v) is 14.3. The Morgan fingerprint density at radius 3 is 0.909 bits per heavy atom. The lowest BCUT2D eigenvalue weighted by molar-refractivity contribution is 1.02. The van der Waals surface area contributed by atoms with Crippen LogP contribution >= 0.6 is 0 Å². The number of rotatable bonds is 3. The molecule has 0 N–H and O–H groups in total. The molecular formula is C26H38B17N. The van der Waals surface area contributed by atoms with Crippen molar-refractivity contribution in [1.29, 1.82) is 0 Å². The van der Waals surface area contributed by atoms with E-state index in [1.165, 1.54) is 131 Å². The molecule has 1 aromatic heterocycles. The molecule has 1 nitrogen and oxygen atoms in total. The highest BCUT2D eigenvalue weighted by Crippen LogP contribution is 2.29. The van der Waals surface area contributed by atoms with E-state index in [1.807, 2.05) is 0 Å². The van der Waals surface area contributed by atoms with Gasteiger partial charge in [0, 0.05) is 29.4 Å². The predicted molar refractivity (Wildman–Crippen MR) is 253 cm³/mol. The summed E-state index contributed by atoms with van der Waals surface area (Å²) in [6.45, 7) is 0. The second-order valence-electron chi connectivity index (χ2n) is 14.3. The van der Waals surface area contributed by atoms with Crippen molar-refractivity contribution in [2.24, 2.45) is 7.05 Å². The molecule has 5 aromatic rings. The van der Waals surface area contributed by atoms with Crippen LogP contribution in [0, 0.1) is 0 Å². The van der Waals surface area contributed by atoms with Crippen molar-refractivity contribution in [2.75, 3.05) is 0 Å². The van der Waals surface area contributed by atoms with Gasteiger partial charge in [-0.1, -0.05) is 54.6 Å². The molecule has 0 unspecified atom stereocenters. The summed E-state index contributed by atoms with van der Waals surface area (Å²) in [7, 11) is 42.2. The minimum atomic E-state index is 0.150. The Morgan fingerprint density at radius 2 is 0.523 bits per heavy atom. The van der Waals surface area contributed by atoms with Gasteiger partial charge in [-0.05, 0) is 22.1 Å². The average Bonchev–Trinajstić information content (AvgIpc) is 3.30. The van der Waals surface area contributed by atoms with Crippen molar-refractivity contribution < 1.29 is 0 Å². The first-order chi connectivity index (χ1) is 20.4. The van der Waals surface area contributed by atoms with Gasteiger partial charge in [0.1, 0.15) is 133 Å².